The van der Waals surface area contributed by atoms with Crippen LogP contribution in [0.5, 0.6) is 5.75 Å². The molecule has 1 aromatic carbocycles. The van der Waals surface area contributed by atoms with Crippen LogP contribution in [-0.2, 0) is 4.79 Å². The van der Waals surface area contributed by atoms with Crippen molar-refractivity contribution in [2.24, 2.45) is 0 Å². The zero-order chi connectivity index (χ0) is 18.2. The number of nitrogens with one attached hydrogen (secondary N) is 1. The molecule has 25 heavy (non-hydrogen) atoms. The van der Waals surface area contributed by atoms with Gasteiger partial charge in [-0.25, -0.2) is 4.98 Å². The van der Waals surface area contributed by atoms with Crippen molar-refractivity contribution < 1.29 is 19.4 Å². The lowest BCUT2D eigenvalue weighted by Gasteiger charge is -2.09. The minimum Gasteiger partial charge on any atom is -0.491 e. The van der Waals surface area contributed by atoms with Crippen LogP contribution in [0.2, 0.25) is 0 Å². The number of amides is 1. The van der Waals surface area contributed by atoms with Gasteiger partial charge >= 0.3 is 5.97 Å². The molecule has 0 saturated heterocycles. The number of thiazole rings is 1. The largest absolute Gasteiger partial charge is 0.491 e. The zero-order valence-electron chi connectivity index (χ0n) is 14.0. The van der Waals surface area contributed by atoms with E-state index in [1.807, 2.05) is 38.1 Å². The molecule has 1 aromatic heterocycles. The third-order valence-corrected chi connectivity index (χ3v) is 4.80. The lowest BCUT2D eigenvalue weighted by atomic mass is 10.2. The SMILES string of the molecule is CC(C)Oc1ccc(-c2nc(C(=O)NCCSCC(=O)O)cs2)cc1. The first-order valence-corrected chi connectivity index (χ1v) is 9.79. The van der Waals surface area contributed by atoms with Crippen LogP contribution in [0.25, 0.3) is 10.6 Å². The molecular formula is C17H20N2O4S2. The van der Waals surface area contributed by atoms with Crippen molar-refractivity contribution in [3.63, 3.8) is 0 Å². The van der Waals surface area contributed by atoms with Gasteiger partial charge in [0.25, 0.3) is 5.91 Å². The summed E-state index contributed by atoms with van der Waals surface area (Å²) in [5.74, 6) is 0.273. The average Bonchev–Trinajstić information content (AvgIpc) is 3.04. The van der Waals surface area contributed by atoms with Gasteiger partial charge in [-0.2, -0.15) is 0 Å². The van der Waals surface area contributed by atoms with Gasteiger partial charge in [-0.3, -0.25) is 9.59 Å². The van der Waals surface area contributed by atoms with Gasteiger partial charge < -0.3 is 15.2 Å². The number of benzene rings is 1. The molecule has 2 N–H and O–H groups in total. The molecule has 0 aliphatic carbocycles. The third-order valence-electron chi connectivity index (χ3n) is 2.97. The predicted octanol–water partition coefficient (Wildman–Crippen LogP) is 3.14. The number of carboxylic acids is 1. The number of carbonyl (C=O) groups is 2. The van der Waals surface area contributed by atoms with Gasteiger partial charge in [0.15, 0.2) is 0 Å². The monoisotopic (exact) mass is 380 g/mol. The van der Waals surface area contributed by atoms with Gasteiger partial charge in [0, 0.05) is 23.2 Å². The Balaban J connectivity index is 1.88. The minimum absolute atomic E-state index is 0.0350. The van der Waals surface area contributed by atoms with Gasteiger partial charge in [-0.1, -0.05) is 0 Å². The zero-order valence-corrected chi connectivity index (χ0v) is 15.7. The van der Waals surface area contributed by atoms with Crippen LogP contribution >= 0.6 is 23.1 Å². The van der Waals surface area contributed by atoms with E-state index >= 15 is 0 Å². The van der Waals surface area contributed by atoms with E-state index in [-0.39, 0.29) is 17.8 Å². The molecular weight excluding hydrogens is 360 g/mol. The van der Waals surface area contributed by atoms with Crippen LogP contribution in [0.3, 0.4) is 0 Å². The maximum absolute atomic E-state index is 12.0. The normalized spacial score (nSPS) is 10.7. The van der Waals surface area contributed by atoms with Crippen LogP contribution in [0.4, 0.5) is 0 Å². The highest BCUT2D eigenvalue weighted by Gasteiger charge is 2.11. The number of carbonyl (C=O) groups excluding carboxylic acids is 1. The Morgan fingerprint density at radius 1 is 1.32 bits per heavy atom. The van der Waals surface area contributed by atoms with Crippen LogP contribution < -0.4 is 10.1 Å². The van der Waals surface area contributed by atoms with Gasteiger partial charge in [-0.05, 0) is 38.1 Å². The van der Waals surface area contributed by atoms with E-state index in [2.05, 4.69) is 10.3 Å². The highest BCUT2D eigenvalue weighted by Crippen LogP contribution is 2.26. The molecule has 134 valence electrons. The fraction of sp³-hybridized carbons (Fsp3) is 0.353. The van der Waals surface area contributed by atoms with Crippen molar-refractivity contribution in [2.75, 3.05) is 18.1 Å². The summed E-state index contributed by atoms with van der Waals surface area (Å²) in [7, 11) is 0. The van der Waals surface area contributed by atoms with E-state index in [0.717, 1.165) is 16.3 Å². The van der Waals surface area contributed by atoms with Crippen LogP contribution in [0, 0.1) is 0 Å². The van der Waals surface area contributed by atoms with E-state index in [0.29, 0.717) is 18.0 Å². The predicted molar refractivity (Wildman–Crippen MR) is 101 cm³/mol. The Kier molecular flexibility index (Phi) is 7.27. The molecule has 8 heteroatoms. The summed E-state index contributed by atoms with van der Waals surface area (Å²) in [6, 6.07) is 7.61. The molecule has 1 heterocycles. The first-order valence-electron chi connectivity index (χ1n) is 7.76. The summed E-state index contributed by atoms with van der Waals surface area (Å²) < 4.78 is 5.61. The summed E-state index contributed by atoms with van der Waals surface area (Å²) in [5, 5.41) is 13.8. The van der Waals surface area contributed by atoms with Crippen molar-refractivity contribution in [3.05, 3.63) is 35.3 Å². The Hall–Kier alpha value is -2.06. The number of thioether (sulfide) groups is 1. The van der Waals surface area contributed by atoms with Gasteiger partial charge in [0.05, 0.1) is 11.9 Å². The maximum atomic E-state index is 12.0. The van der Waals surface area contributed by atoms with Crippen molar-refractivity contribution in [1.29, 1.82) is 0 Å². The molecule has 1 amide bonds. The highest BCUT2D eigenvalue weighted by molar-refractivity contribution is 7.99. The summed E-state index contributed by atoms with van der Waals surface area (Å²) >= 11 is 2.66. The van der Waals surface area contributed by atoms with E-state index in [1.165, 1.54) is 23.1 Å². The Bertz CT molecular complexity index is 714. The molecule has 0 aliphatic heterocycles. The number of rotatable bonds is 9. The summed E-state index contributed by atoms with van der Waals surface area (Å²) in [6.45, 7) is 4.35. The molecule has 0 bridgehead atoms. The fourth-order valence-corrected chi connectivity index (χ4v) is 3.32. The third kappa shape index (κ3) is 6.39. The lowest BCUT2D eigenvalue weighted by molar-refractivity contribution is -0.133. The van der Waals surface area contributed by atoms with E-state index in [1.54, 1.807) is 5.38 Å². The molecule has 0 saturated carbocycles. The van der Waals surface area contributed by atoms with Gasteiger partial charge in [-0.15, -0.1) is 23.1 Å². The summed E-state index contributed by atoms with van der Waals surface area (Å²) in [4.78, 5) is 26.8. The van der Waals surface area contributed by atoms with Gasteiger partial charge in [0.2, 0.25) is 0 Å². The number of aliphatic carboxylic acids is 1. The van der Waals surface area contributed by atoms with Crippen LogP contribution in [0.1, 0.15) is 24.3 Å². The molecule has 2 rings (SSSR count). The minimum atomic E-state index is -0.856. The molecule has 6 nitrogen and oxygen atoms in total. The molecule has 0 spiro atoms. The second-order valence-electron chi connectivity index (χ2n) is 5.43. The van der Waals surface area contributed by atoms with Gasteiger partial charge in [0.1, 0.15) is 16.5 Å². The lowest BCUT2D eigenvalue weighted by Crippen LogP contribution is -2.26. The quantitative estimate of drug-likeness (QED) is 0.650. The highest BCUT2D eigenvalue weighted by atomic mass is 32.2. The number of ether oxygens (including phenoxy) is 1. The van der Waals surface area contributed by atoms with E-state index in [4.69, 9.17) is 9.84 Å². The Morgan fingerprint density at radius 2 is 2.04 bits per heavy atom. The second kappa shape index (κ2) is 9.43. The smallest absolute Gasteiger partial charge is 0.313 e. The maximum Gasteiger partial charge on any atom is 0.313 e. The second-order valence-corrected chi connectivity index (χ2v) is 7.39. The standard InChI is InChI=1S/C17H20N2O4S2/c1-11(2)23-13-5-3-12(4-6-13)17-19-14(9-25-17)16(22)18-7-8-24-10-15(20)21/h3-6,9,11H,7-8,10H2,1-2H3,(H,18,22)(H,20,21). The van der Waals surface area contributed by atoms with Crippen molar-refractivity contribution in [2.45, 2.75) is 20.0 Å². The number of carboxylic acid groups (broad SMARTS) is 1. The molecule has 2 aromatic rings. The summed E-state index contributed by atoms with van der Waals surface area (Å²) in [6.07, 6.45) is 0.120. The van der Waals surface area contributed by atoms with Crippen LogP contribution in [-0.4, -0.2) is 46.1 Å². The molecule has 0 atom stereocenters. The molecule has 0 radical (unpaired) electrons. The Morgan fingerprint density at radius 3 is 2.68 bits per heavy atom. The molecule has 0 fully saturated rings. The topological polar surface area (TPSA) is 88.5 Å². The number of aromatic nitrogens is 1. The number of hydrogen-bond donors (Lipinski definition) is 2. The number of hydrogen-bond acceptors (Lipinski definition) is 6. The molecule has 0 unspecified atom stereocenters. The number of nitrogens with zero attached hydrogens (tertiary/aromatic N) is 1. The van der Waals surface area contributed by atoms with Crippen LogP contribution in [0.15, 0.2) is 29.6 Å². The van der Waals surface area contributed by atoms with E-state index in [9.17, 15) is 9.59 Å². The fourth-order valence-electron chi connectivity index (χ4n) is 1.95. The Labute approximate surface area is 154 Å². The summed E-state index contributed by atoms with van der Waals surface area (Å²) in [5.41, 5.74) is 1.29. The van der Waals surface area contributed by atoms with Crippen molar-refractivity contribution >= 4 is 35.0 Å². The van der Waals surface area contributed by atoms with Crippen molar-refractivity contribution in [1.82, 2.24) is 10.3 Å². The van der Waals surface area contributed by atoms with E-state index < -0.39 is 5.97 Å². The van der Waals surface area contributed by atoms with Crippen molar-refractivity contribution in [3.8, 4) is 16.3 Å². The molecule has 0 aliphatic rings. The average molecular weight is 380 g/mol. The first-order chi connectivity index (χ1) is 12.0. The first kappa shape index (κ1) is 19.3.